The van der Waals surface area contributed by atoms with Crippen LogP contribution in [0.1, 0.15) is 24.5 Å². The first-order chi connectivity index (χ1) is 10.2. The van der Waals surface area contributed by atoms with Crippen molar-refractivity contribution in [3.8, 4) is 0 Å². The number of fused-ring (bicyclic) bond motifs is 1. The lowest BCUT2D eigenvalue weighted by Gasteiger charge is -2.35. The molecule has 1 aliphatic rings. The Balaban J connectivity index is 1.89. The number of carbonyl (C=O) groups excluding carboxylic acids is 1. The van der Waals surface area contributed by atoms with Crippen LogP contribution in [0.3, 0.4) is 0 Å². The average Bonchev–Trinajstić information content (AvgIpc) is 2.49. The third-order valence-corrected chi connectivity index (χ3v) is 4.46. The Bertz CT molecular complexity index is 668. The van der Waals surface area contributed by atoms with Crippen molar-refractivity contribution in [2.24, 2.45) is 0 Å². The fraction of sp³-hybridized carbons (Fsp3) is 0.278. The molecular formula is C18H18ClNO. The van der Waals surface area contributed by atoms with Crippen LogP contribution in [-0.4, -0.2) is 11.9 Å². The normalized spacial score (nSPS) is 17.4. The molecule has 1 heterocycles. The summed E-state index contributed by atoms with van der Waals surface area (Å²) in [5.41, 5.74) is 3.19. The fourth-order valence-electron chi connectivity index (χ4n) is 2.96. The number of nitrogens with zero attached hydrogens (tertiary/aromatic N) is 1. The van der Waals surface area contributed by atoms with Crippen molar-refractivity contribution in [1.29, 1.82) is 0 Å². The summed E-state index contributed by atoms with van der Waals surface area (Å²) in [7, 11) is 0. The molecule has 1 atom stereocenters. The minimum Gasteiger partial charge on any atom is -0.309 e. The molecule has 108 valence electrons. The molecule has 0 radical (unpaired) electrons. The van der Waals surface area contributed by atoms with Crippen LogP contribution in [0.25, 0.3) is 0 Å². The Morgan fingerprint density at radius 3 is 2.71 bits per heavy atom. The third-order valence-electron chi connectivity index (χ3n) is 4.09. The van der Waals surface area contributed by atoms with Crippen LogP contribution in [0.15, 0.2) is 48.5 Å². The molecule has 0 aliphatic carbocycles. The largest absolute Gasteiger partial charge is 0.309 e. The quantitative estimate of drug-likeness (QED) is 0.812. The first-order valence-electron chi connectivity index (χ1n) is 7.30. The molecule has 2 nitrogen and oxygen atoms in total. The van der Waals surface area contributed by atoms with Crippen molar-refractivity contribution in [1.82, 2.24) is 0 Å². The van der Waals surface area contributed by atoms with E-state index in [2.05, 4.69) is 13.0 Å². The second-order valence-corrected chi connectivity index (χ2v) is 5.96. The number of halogens is 1. The summed E-state index contributed by atoms with van der Waals surface area (Å²) in [4.78, 5) is 14.7. The van der Waals surface area contributed by atoms with Gasteiger partial charge in [0.05, 0.1) is 6.42 Å². The van der Waals surface area contributed by atoms with Gasteiger partial charge in [0.15, 0.2) is 0 Å². The third kappa shape index (κ3) is 2.81. The van der Waals surface area contributed by atoms with E-state index in [9.17, 15) is 4.79 Å². The number of benzene rings is 2. The van der Waals surface area contributed by atoms with Gasteiger partial charge in [0.1, 0.15) is 0 Å². The highest BCUT2D eigenvalue weighted by Crippen LogP contribution is 2.31. The highest BCUT2D eigenvalue weighted by atomic mass is 35.5. The monoisotopic (exact) mass is 299 g/mol. The molecule has 3 heteroatoms. The molecule has 2 aromatic carbocycles. The lowest BCUT2D eigenvalue weighted by molar-refractivity contribution is -0.118. The van der Waals surface area contributed by atoms with Gasteiger partial charge in [-0.2, -0.15) is 0 Å². The van der Waals surface area contributed by atoms with Gasteiger partial charge in [-0.05, 0) is 43.0 Å². The number of amides is 1. The molecule has 0 aromatic heterocycles. The van der Waals surface area contributed by atoms with Crippen LogP contribution in [-0.2, 0) is 17.6 Å². The van der Waals surface area contributed by atoms with E-state index in [1.54, 1.807) is 0 Å². The molecule has 0 saturated carbocycles. The van der Waals surface area contributed by atoms with Gasteiger partial charge in [-0.15, -0.1) is 0 Å². The minimum atomic E-state index is 0.114. The van der Waals surface area contributed by atoms with Gasteiger partial charge < -0.3 is 4.90 Å². The summed E-state index contributed by atoms with van der Waals surface area (Å²) in [6, 6.07) is 16.0. The summed E-state index contributed by atoms with van der Waals surface area (Å²) in [5, 5.41) is 0.656. The molecule has 3 rings (SSSR count). The van der Waals surface area contributed by atoms with Gasteiger partial charge in [0.25, 0.3) is 0 Å². The smallest absolute Gasteiger partial charge is 0.231 e. The van der Waals surface area contributed by atoms with Gasteiger partial charge in [-0.1, -0.05) is 48.0 Å². The Morgan fingerprint density at radius 1 is 1.19 bits per heavy atom. The Labute approximate surface area is 130 Å². The Kier molecular flexibility index (Phi) is 3.98. The summed E-state index contributed by atoms with van der Waals surface area (Å²) in [6.07, 6.45) is 2.39. The number of aryl methyl sites for hydroxylation is 1. The fourth-order valence-corrected chi connectivity index (χ4v) is 3.16. The zero-order valence-corrected chi connectivity index (χ0v) is 12.8. The minimum absolute atomic E-state index is 0.114. The maximum absolute atomic E-state index is 12.8. The summed E-state index contributed by atoms with van der Waals surface area (Å²) in [5.74, 6) is 0.114. The standard InChI is InChI=1S/C18H18ClNO/c1-13-10-11-14-6-3-5-9-17(14)20(13)18(21)12-15-7-2-4-8-16(15)19/h2-9,13H,10-12H2,1H3. The van der Waals surface area contributed by atoms with Crippen LogP contribution >= 0.6 is 11.6 Å². The maximum Gasteiger partial charge on any atom is 0.231 e. The van der Waals surface area contributed by atoms with Gasteiger partial charge in [-0.25, -0.2) is 0 Å². The number of rotatable bonds is 2. The summed E-state index contributed by atoms with van der Waals surface area (Å²) >= 11 is 6.17. The maximum atomic E-state index is 12.8. The van der Waals surface area contributed by atoms with Crippen LogP contribution < -0.4 is 4.90 Å². The van der Waals surface area contributed by atoms with Crippen LogP contribution in [0.5, 0.6) is 0 Å². The zero-order chi connectivity index (χ0) is 14.8. The SMILES string of the molecule is CC1CCc2ccccc2N1C(=O)Cc1ccccc1Cl. The van der Waals surface area contributed by atoms with E-state index in [0.29, 0.717) is 11.4 Å². The lowest BCUT2D eigenvalue weighted by Crippen LogP contribution is -2.42. The van der Waals surface area contributed by atoms with Crippen molar-refractivity contribution in [3.63, 3.8) is 0 Å². The van der Waals surface area contributed by atoms with Crippen molar-refractivity contribution >= 4 is 23.2 Å². The van der Waals surface area contributed by atoms with Crippen molar-refractivity contribution in [2.45, 2.75) is 32.2 Å². The second-order valence-electron chi connectivity index (χ2n) is 5.55. The van der Waals surface area contributed by atoms with Gasteiger partial charge in [0, 0.05) is 16.8 Å². The highest BCUT2D eigenvalue weighted by molar-refractivity contribution is 6.31. The molecule has 0 N–H and O–H groups in total. The van der Waals surface area contributed by atoms with Crippen LogP contribution in [0, 0.1) is 0 Å². The molecule has 0 saturated heterocycles. The molecule has 0 fully saturated rings. The van der Waals surface area contributed by atoms with Crippen LogP contribution in [0.4, 0.5) is 5.69 Å². The van der Waals surface area contributed by atoms with Crippen LogP contribution in [0.2, 0.25) is 5.02 Å². The average molecular weight is 300 g/mol. The molecule has 2 aromatic rings. The number of anilines is 1. The summed E-state index contributed by atoms with van der Waals surface area (Å²) < 4.78 is 0. The van der Waals surface area contributed by atoms with Crippen molar-refractivity contribution < 1.29 is 4.79 Å². The molecule has 21 heavy (non-hydrogen) atoms. The first kappa shape index (κ1) is 14.2. The number of hydrogen-bond donors (Lipinski definition) is 0. The highest BCUT2D eigenvalue weighted by Gasteiger charge is 2.28. The Hall–Kier alpha value is -1.80. The molecule has 0 bridgehead atoms. The predicted octanol–water partition coefficient (Wildman–Crippen LogP) is 4.25. The topological polar surface area (TPSA) is 20.3 Å². The lowest BCUT2D eigenvalue weighted by atomic mass is 9.96. The zero-order valence-electron chi connectivity index (χ0n) is 12.1. The molecule has 1 unspecified atom stereocenters. The molecular weight excluding hydrogens is 282 g/mol. The van der Waals surface area contributed by atoms with Gasteiger partial charge in [0.2, 0.25) is 5.91 Å². The van der Waals surface area contributed by atoms with Crippen molar-refractivity contribution in [3.05, 3.63) is 64.7 Å². The van der Waals surface area contributed by atoms with Crippen molar-refractivity contribution in [2.75, 3.05) is 4.90 Å². The van der Waals surface area contributed by atoms with E-state index in [0.717, 1.165) is 24.1 Å². The van der Waals surface area contributed by atoms with E-state index in [1.165, 1.54) is 5.56 Å². The van der Waals surface area contributed by atoms with E-state index >= 15 is 0 Å². The van der Waals surface area contributed by atoms with E-state index in [-0.39, 0.29) is 11.9 Å². The predicted molar refractivity (Wildman–Crippen MR) is 86.9 cm³/mol. The van der Waals surface area contributed by atoms with Gasteiger partial charge >= 0.3 is 0 Å². The molecule has 0 spiro atoms. The second kappa shape index (κ2) is 5.90. The number of carbonyl (C=O) groups is 1. The first-order valence-corrected chi connectivity index (χ1v) is 7.68. The molecule has 1 aliphatic heterocycles. The molecule has 1 amide bonds. The van der Waals surface area contributed by atoms with E-state index in [1.807, 2.05) is 47.4 Å². The number of hydrogen-bond acceptors (Lipinski definition) is 1. The summed E-state index contributed by atoms with van der Waals surface area (Å²) in [6.45, 7) is 2.11. The van der Waals surface area contributed by atoms with E-state index in [4.69, 9.17) is 11.6 Å². The Morgan fingerprint density at radius 2 is 1.90 bits per heavy atom. The van der Waals surface area contributed by atoms with E-state index < -0.39 is 0 Å². The number of para-hydroxylation sites is 1. The van der Waals surface area contributed by atoms with Gasteiger partial charge in [-0.3, -0.25) is 4.79 Å².